The van der Waals surface area contributed by atoms with Crippen LogP contribution < -0.4 is 0 Å². The Hall–Kier alpha value is -1.29. The number of aromatic nitrogens is 1. The lowest BCUT2D eigenvalue weighted by Gasteiger charge is -2.02. The van der Waals surface area contributed by atoms with Gasteiger partial charge in [-0.3, -0.25) is 0 Å². The van der Waals surface area contributed by atoms with E-state index in [1.807, 2.05) is 18.3 Å². The van der Waals surface area contributed by atoms with E-state index in [2.05, 4.69) is 27.0 Å². The van der Waals surface area contributed by atoms with Crippen LogP contribution in [0.1, 0.15) is 12.5 Å². The van der Waals surface area contributed by atoms with E-state index >= 15 is 0 Å². The van der Waals surface area contributed by atoms with E-state index in [4.69, 9.17) is 0 Å². The lowest BCUT2D eigenvalue weighted by atomic mass is 10.1. The summed E-state index contributed by atoms with van der Waals surface area (Å²) >= 11 is 3.45. The number of fused-ring (bicyclic) bond motifs is 1. The third-order valence-electron chi connectivity index (χ3n) is 2.62. The van der Waals surface area contributed by atoms with Gasteiger partial charge in [0, 0.05) is 34.9 Å². The number of hydroxylamine groups is 1. The molecule has 16 heavy (non-hydrogen) atoms. The molecular formula is C12H13BrN2O. The zero-order valence-electron chi connectivity index (χ0n) is 9.03. The fraction of sp³-hybridized carbons (Fsp3) is 0.250. The summed E-state index contributed by atoms with van der Waals surface area (Å²) in [5.41, 5.74) is 2.29. The van der Waals surface area contributed by atoms with Gasteiger partial charge in [0.1, 0.15) is 6.21 Å². The van der Waals surface area contributed by atoms with Crippen LogP contribution in [0.4, 0.5) is 0 Å². The van der Waals surface area contributed by atoms with E-state index in [1.54, 1.807) is 13.1 Å². The van der Waals surface area contributed by atoms with Gasteiger partial charge >= 0.3 is 0 Å². The van der Waals surface area contributed by atoms with E-state index < -0.39 is 0 Å². The van der Waals surface area contributed by atoms with Crippen molar-refractivity contribution in [1.82, 2.24) is 4.98 Å². The summed E-state index contributed by atoms with van der Waals surface area (Å²) in [5.74, 6) is 0. The summed E-state index contributed by atoms with van der Waals surface area (Å²) < 4.78 is 2.01. The minimum absolute atomic E-state index is 0.496. The molecule has 0 aliphatic rings. The Kier molecular flexibility index (Phi) is 3.29. The van der Waals surface area contributed by atoms with Crippen molar-refractivity contribution in [3.8, 4) is 0 Å². The van der Waals surface area contributed by atoms with E-state index in [0.717, 1.165) is 21.1 Å². The van der Waals surface area contributed by atoms with Crippen LogP contribution in [-0.2, 0) is 6.42 Å². The first kappa shape index (κ1) is 11.2. The standard InChI is InChI=1S/C12H13BrN2O/c1-2-15(16)6-5-9-8-14-12-4-3-10(13)7-11(9)12/h2-4,7-8,14H,5-6H2,1H3/b15-2-. The van der Waals surface area contributed by atoms with Crippen LogP contribution >= 0.6 is 15.9 Å². The van der Waals surface area contributed by atoms with Gasteiger partial charge in [-0.05, 0) is 23.8 Å². The summed E-state index contributed by atoms with van der Waals surface area (Å²) in [6.07, 6.45) is 4.27. The second kappa shape index (κ2) is 4.70. The molecule has 0 fully saturated rings. The van der Waals surface area contributed by atoms with Crippen molar-refractivity contribution in [2.24, 2.45) is 0 Å². The number of hydrogen-bond acceptors (Lipinski definition) is 1. The molecule has 1 N–H and O–H groups in total. The Morgan fingerprint density at radius 2 is 2.31 bits per heavy atom. The van der Waals surface area contributed by atoms with Gasteiger partial charge in [-0.25, -0.2) is 4.74 Å². The highest BCUT2D eigenvalue weighted by Gasteiger charge is 2.05. The smallest absolute Gasteiger partial charge is 0.157 e. The van der Waals surface area contributed by atoms with E-state index in [1.165, 1.54) is 10.9 Å². The van der Waals surface area contributed by atoms with Gasteiger partial charge in [0.15, 0.2) is 6.54 Å². The molecule has 3 nitrogen and oxygen atoms in total. The lowest BCUT2D eigenvalue weighted by molar-refractivity contribution is -0.452. The molecule has 0 saturated heterocycles. The number of H-pyrrole nitrogens is 1. The van der Waals surface area contributed by atoms with Crippen LogP contribution in [0.15, 0.2) is 28.9 Å². The molecule has 2 rings (SSSR count). The predicted octanol–water partition coefficient (Wildman–Crippen LogP) is 3.07. The summed E-state index contributed by atoms with van der Waals surface area (Å²) in [4.78, 5) is 3.21. The number of halogens is 1. The van der Waals surface area contributed by atoms with E-state index in [-0.39, 0.29) is 0 Å². The molecule has 0 amide bonds. The highest BCUT2D eigenvalue weighted by Crippen LogP contribution is 2.22. The predicted molar refractivity (Wildman–Crippen MR) is 69.9 cm³/mol. The van der Waals surface area contributed by atoms with Crippen molar-refractivity contribution in [1.29, 1.82) is 0 Å². The topological polar surface area (TPSA) is 41.9 Å². The number of rotatable bonds is 3. The highest BCUT2D eigenvalue weighted by molar-refractivity contribution is 9.10. The number of hydrogen-bond donors (Lipinski definition) is 1. The number of nitrogens with one attached hydrogen (secondary N) is 1. The first-order valence-corrected chi connectivity index (χ1v) is 5.99. The maximum Gasteiger partial charge on any atom is 0.157 e. The molecule has 0 aliphatic heterocycles. The molecule has 1 aromatic heterocycles. The lowest BCUT2D eigenvalue weighted by Crippen LogP contribution is -2.07. The minimum Gasteiger partial charge on any atom is -0.624 e. The van der Waals surface area contributed by atoms with Gasteiger partial charge in [-0.1, -0.05) is 15.9 Å². The third kappa shape index (κ3) is 2.27. The van der Waals surface area contributed by atoms with Crippen LogP contribution in [0, 0.1) is 5.21 Å². The van der Waals surface area contributed by atoms with Crippen LogP contribution in [-0.4, -0.2) is 22.5 Å². The Bertz CT molecular complexity index is 531. The molecule has 2 aromatic rings. The second-order valence-electron chi connectivity index (χ2n) is 3.65. The molecule has 1 aromatic carbocycles. The molecule has 0 spiro atoms. The van der Waals surface area contributed by atoms with Gasteiger partial charge in [-0.15, -0.1) is 0 Å². The first-order chi connectivity index (χ1) is 7.70. The van der Waals surface area contributed by atoms with Gasteiger partial charge < -0.3 is 10.2 Å². The molecule has 0 radical (unpaired) electrons. The average molecular weight is 281 g/mol. The monoisotopic (exact) mass is 280 g/mol. The largest absolute Gasteiger partial charge is 0.624 e. The molecule has 4 heteroatoms. The summed E-state index contributed by atoms with van der Waals surface area (Å²) in [5, 5.41) is 12.3. The minimum atomic E-state index is 0.496. The van der Waals surface area contributed by atoms with Crippen LogP contribution in [0.2, 0.25) is 0 Å². The van der Waals surface area contributed by atoms with Crippen LogP contribution in [0.3, 0.4) is 0 Å². The molecule has 0 atom stereocenters. The van der Waals surface area contributed by atoms with Gasteiger partial charge in [0.2, 0.25) is 0 Å². The molecule has 0 aliphatic carbocycles. The van der Waals surface area contributed by atoms with Crippen molar-refractivity contribution in [3.05, 3.63) is 39.6 Å². The number of nitrogens with zero attached hydrogens (tertiary/aromatic N) is 1. The quantitative estimate of drug-likeness (QED) is 0.399. The molecule has 0 saturated carbocycles. The highest BCUT2D eigenvalue weighted by atomic mass is 79.9. The fourth-order valence-electron chi connectivity index (χ4n) is 1.72. The normalized spacial score (nSPS) is 12.2. The average Bonchev–Trinajstić information content (AvgIpc) is 2.68. The SMILES string of the molecule is C/C=[N+](\[O-])CCc1c[nH]c2ccc(Br)cc12. The van der Waals surface area contributed by atoms with Crippen molar-refractivity contribution >= 4 is 33.0 Å². The van der Waals surface area contributed by atoms with Gasteiger partial charge in [0.25, 0.3) is 0 Å². The Morgan fingerprint density at radius 3 is 3.06 bits per heavy atom. The van der Waals surface area contributed by atoms with Crippen molar-refractivity contribution in [2.75, 3.05) is 6.54 Å². The second-order valence-corrected chi connectivity index (χ2v) is 4.57. The van der Waals surface area contributed by atoms with Crippen LogP contribution in [0.5, 0.6) is 0 Å². The molecule has 0 bridgehead atoms. The Balaban J connectivity index is 2.27. The van der Waals surface area contributed by atoms with Crippen molar-refractivity contribution in [2.45, 2.75) is 13.3 Å². The molecular weight excluding hydrogens is 268 g/mol. The Morgan fingerprint density at radius 1 is 1.50 bits per heavy atom. The van der Waals surface area contributed by atoms with Gasteiger partial charge in [0.05, 0.1) is 0 Å². The molecule has 1 heterocycles. The van der Waals surface area contributed by atoms with Crippen molar-refractivity contribution < 1.29 is 4.74 Å². The summed E-state index contributed by atoms with van der Waals surface area (Å²) in [6.45, 7) is 2.24. The Labute approximate surface area is 103 Å². The molecule has 0 unspecified atom stereocenters. The zero-order chi connectivity index (χ0) is 11.5. The maximum absolute atomic E-state index is 11.2. The van der Waals surface area contributed by atoms with E-state index in [0.29, 0.717) is 6.54 Å². The maximum atomic E-state index is 11.2. The summed E-state index contributed by atoms with van der Waals surface area (Å²) in [6, 6.07) is 6.11. The van der Waals surface area contributed by atoms with Crippen LogP contribution in [0.25, 0.3) is 10.9 Å². The fourth-order valence-corrected chi connectivity index (χ4v) is 2.08. The van der Waals surface area contributed by atoms with Gasteiger partial charge in [-0.2, -0.15) is 0 Å². The van der Waals surface area contributed by atoms with E-state index in [9.17, 15) is 5.21 Å². The molecule has 84 valence electrons. The number of benzene rings is 1. The zero-order valence-corrected chi connectivity index (χ0v) is 10.6. The third-order valence-corrected chi connectivity index (χ3v) is 3.11. The first-order valence-electron chi connectivity index (χ1n) is 5.19. The van der Waals surface area contributed by atoms with Crippen molar-refractivity contribution in [3.63, 3.8) is 0 Å². The number of aromatic amines is 1. The summed E-state index contributed by atoms with van der Waals surface area (Å²) in [7, 11) is 0.